The van der Waals surface area contributed by atoms with E-state index in [2.05, 4.69) is 22.0 Å². The second-order valence-corrected chi connectivity index (χ2v) is 11.1. The molecule has 8 nitrogen and oxygen atoms in total. The number of carbonyl (C=O) groups is 2. The quantitative estimate of drug-likeness (QED) is 0.602. The lowest BCUT2D eigenvalue weighted by molar-refractivity contribution is -0.141. The molecule has 4 heterocycles. The van der Waals surface area contributed by atoms with Crippen LogP contribution in [0.1, 0.15) is 36.0 Å². The Hall–Kier alpha value is -2.62. The van der Waals surface area contributed by atoms with Crippen LogP contribution < -0.4 is 5.73 Å². The van der Waals surface area contributed by atoms with E-state index in [1.165, 1.54) is 4.90 Å². The molecule has 198 valence electrons. The normalized spacial score (nSPS) is 21.7. The molecule has 3 aliphatic rings. The highest BCUT2D eigenvalue weighted by Gasteiger charge is 2.35. The minimum absolute atomic E-state index is 0.0284. The van der Waals surface area contributed by atoms with Gasteiger partial charge in [-0.05, 0) is 56.7 Å². The summed E-state index contributed by atoms with van der Waals surface area (Å²) in [5.41, 5.74) is 8.86. The fourth-order valence-corrected chi connectivity index (χ4v) is 6.17. The molecule has 5 rings (SSSR count). The minimum Gasteiger partial charge on any atom is -0.397 e. The van der Waals surface area contributed by atoms with Gasteiger partial charge in [0.1, 0.15) is 0 Å². The number of hydrogen-bond acceptors (Lipinski definition) is 7. The molecular formula is C28H37N5O3S. The molecule has 0 spiro atoms. The number of amides is 2. The van der Waals surface area contributed by atoms with Gasteiger partial charge in [0.05, 0.1) is 42.3 Å². The predicted octanol–water partition coefficient (Wildman–Crippen LogP) is 3.23. The average Bonchev–Trinajstić information content (AvgIpc) is 2.97. The van der Waals surface area contributed by atoms with E-state index in [0.29, 0.717) is 56.7 Å². The van der Waals surface area contributed by atoms with Gasteiger partial charge < -0.3 is 20.3 Å². The maximum absolute atomic E-state index is 13.4. The van der Waals surface area contributed by atoms with Gasteiger partial charge in [0.25, 0.3) is 5.91 Å². The Labute approximate surface area is 223 Å². The van der Waals surface area contributed by atoms with E-state index in [1.54, 1.807) is 18.0 Å². The van der Waals surface area contributed by atoms with Crippen molar-refractivity contribution in [1.82, 2.24) is 19.7 Å². The van der Waals surface area contributed by atoms with Crippen molar-refractivity contribution in [3.63, 3.8) is 0 Å². The van der Waals surface area contributed by atoms with Crippen LogP contribution >= 0.6 is 11.8 Å². The molecule has 9 heteroatoms. The first-order valence-electron chi connectivity index (χ1n) is 13.3. The molecule has 0 radical (unpaired) electrons. The van der Waals surface area contributed by atoms with Crippen LogP contribution in [0.25, 0.3) is 11.3 Å². The topological polar surface area (TPSA) is 92.0 Å². The monoisotopic (exact) mass is 523 g/mol. The van der Waals surface area contributed by atoms with E-state index >= 15 is 0 Å². The number of benzene rings is 1. The van der Waals surface area contributed by atoms with Gasteiger partial charge in [-0.2, -0.15) is 0 Å². The molecule has 2 N–H and O–H groups in total. The lowest BCUT2D eigenvalue weighted by Crippen LogP contribution is -2.53. The summed E-state index contributed by atoms with van der Waals surface area (Å²) in [6.45, 7) is 5.94. The Morgan fingerprint density at radius 2 is 1.73 bits per heavy atom. The number of pyridine rings is 1. The molecule has 2 aromatic rings. The van der Waals surface area contributed by atoms with Crippen molar-refractivity contribution in [3.8, 4) is 11.3 Å². The number of nitrogen functional groups attached to an aromatic ring is 1. The van der Waals surface area contributed by atoms with E-state index < -0.39 is 0 Å². The number of thioether (sulfide) groups is 1. The minimum atomic E-state index is -0.0284. The van der Waals surface area contributed by atoms with Gasteiger partial charge in [-0.25, -0.2) is 0 Å². The van der Waals surface area contributed by atoms with E-state index in [4.69, 9.17) is 10.5 Å². The third-order valence-electron chi connectivity index (χ3n) is 7.94. The standard InChI is InChI=1S/C28H37N5O3S/c1-37-23-6-4-20(5-7-23)26-17-24(25(29)18-30-26)28(35)31-11-8-22(9-12-31)33-10-2-3-21(19-33)27(34)32-13-15-36-16-14-32/h4-7,17-18,21-22H,2-3,8-16,19,29H2,1H3. The number of ether oxygens (including phenoxy) is 1. The summed E-state index contributed by atoms with van der Waals surface area (Å²) >= 11 is 1.69. The number of nitrogens with zero attached hydrogens (tertiary/aromatic N) is 4. The van der Waals surface area contributed by atoms with Crippen LogP contribution in [-0.4, -0.2) is 96.3 Å². The Bertz CT molecular complexity index is 1100. The summed E-state index contributed by atoms with van der Waals surface area (Å²) in [4.78, 5) is 38.5. The van der Waals surface area contributed by atoms with E-state index in [9.17, 15) is 9.59 Å². The van der Waals surface area contributed by atoms with Crippen LogP contribution in [0.2, 0.25) is 0 Å². The third kappa shape index (κ3) is 5.94. The van der Waals surface area contributed by atoms with Crippen LogP contribution in [0.5, 0.6) is 0 Å². The Kier molecular flexibility index (Phi) is 8.32. The zero-order chi connectivity index (χ0) is 25.8. The highest BCUT2D eigenvalue weighted by Crippen LogP contribution is 2.28. The summed E-state index contributed by atoms with van der Waals surface area (Å²) in [6.07, 6.45) is 7.49. The second kappa shape index (κ2) is 11.8. The zero-order valence-electron chi connectivity index (χ0n) is 21.6. The van der Waals surface area contributed by atoms with E-state index in [0.717, 1.165) is 50.0 Å². The molecule has 0 aliphatic carbocycles. The highest BCUT2D eigenvalue weighted by atomic mass is 32.2. The maximum atomic E-state index is 13.4. The van der Waals surface area contributed by atoms with Crippen LogP contribution in [0.3, 0.4) is 0 Å². The number of carbonyl (C=O) groups excluding carboxylic acids is 2. The summed E-state index contributed by atoms with van der Waals surface area (Å²) in [5, 5.41) is 0. The number of morpholine rings is 1. The lowest BCUT2D eigenvalue weighted by Gasteiger charge is -2.43. The fourth-order valence-electron chi connectivity index (χ4n) is 5.76. The number of nitrogens with two attached hydrogens (primary N) is 1. The average molecular weight is 524 g/mol. The van der Waals surface area contributed by atoms with Gasteiger partial charge in [0.15, 0.2) is 0 Å². The van der Waals surface area contributed by atoms with Crippen molar-refractivity contribution in [2.75, 3.05) is 64.5 Å². The highest BCUT2D eigenvalue weighted by molar-refractivity contribution is 7.98. The van der Waals surface area contributed by atoms with E-state index in [-0.39, 0.29) is 17.7 Å². The fraction of sp³-hybridized carbons (Fsp3) is 0.536. The van der Waals surface area contributed by atoms with Crippen LogP contribution in [0.4, 0.5) is 5.69 Å². The molecule has 37 heavy (non-hydrogen) atoms. The number of rotatable bonds is 5. The third-order valence-corrected chi connectivity index (χ3v) is 8.69. The van der Waals surface area contributed by atoms with Crippen molar-refractivity contribution in [3.05, 3.63) is 42.1 Å². The lowest BCUT2D eigenvalue weighted by atomic mass is 9.92. The van der Waals surface area contributed by atoms with Gasteiger partial charge >= 0.3 is 0 Å². The van der Waals surface area contributed by atoms with Gasteiger partial charge in [0, 0.05) is 49.2 Å². The van der Waals surface area contributed by atoms with Crippen molar-refractivity contribution in [1.29, 1.82) is 0 Å². The Morgan fingerprint density at radius 1 is 1.00 bits per heavy atom. The van der Waals surface area contributed by atoms with Gasteiger partial charge in [-0.3, -0.25) is 19.5 Å². The second-order valence-electron chi connectivity index (χ2n) is 10.2. The summed E-state index contributed by atoms with van der Waals surface area (Å²) in [6, 6.07) is 10.4. The Morgan fingerprint density at radius 3 is 2.43 bits per heavy atom. The molecule has 0 bridgehead atoms. The molecule has 1 unspecified atom stereocenters. The van der Waals surface area contributed by atoms with Crippen LogP contribution in [0, 0.1) is 5.92 Å². The number of piperidine rings is 2. The number of hydrogen-bond donors (Lipinski definition) is 1. The molecule has 0 saturated carbocycles. The van der Waals surface area contributed by atoms with Crippen molar-refractivity contribution < 1.29 is 14.3 Å². The molecule has 3 fully saturated rings. The molecule has 3 aliphatic heterocycles. The molecular weight excluding hydrogens is 486 g/mol. The first-order valence-corrected chi connectivity index (χ1v) is 14.6. The first-order chi connectivity index (χ1) is 18.0. The van der Waals surface area contributed by atoms with Crippen LogP contribution in [0.15, 0.2) is 41.4 Å². The van der Waals surface area contributed by atoms with Crippen LogP contribution in [-0.2, 0) is 9.53 Å². The number of likely N-dealkylation sites (tertiary alicyclic amines) is 2. The smallest absolute Gasteiger partial charge is 0.256 e. The zero-order valence-corrected chi connectivity index (χ0v) is 22.4. The number of anilines is 1. The van der Waals surface area contributed by atoms with Gasteiger partial charge in [-0.15, -0.1) is 11.8 Å². The van der Waals surface area contributed by atoms with Gasteiger partial charge in [0.2, 0.25) is 5.91 Å². The predicted molar refractivity (Wildman–Crippen MR) is 146 cm³/mol. The molecule has 1 aromatic carbocycles. The van der Waals surface area contributed by atoms with Gasteiger partial charge in [-0.1, -0.05) is 12.1 Å². The summed E-state index contributed by atoms with van der Waals surface area (Å²) in [7, 11) is 0. The molecule has 1 aromatic heterocycles. The van der Waals surface area contributed by atoms with Crippen molar-refractivity contribution >= 4 is 29.3 Å². The molecule has 1 atom stereocenters. The summed E-state index contributed by atoms with van der Waals surface area (Å²) in [5.74, 6) is 0.332. The SMILES string of the molecule is CSc1ccc(-c2cc(C(=O)N3CCC(N4CCCC(C(=O)N5CCOCC5)C4)CC3)c(N)cn2)cc1. The number of aromatic nitrogens is 1. The molecule has 2 amide bonds. The maximum Gasteiger partial charge on any atom is 0.256 e. The van der Waals surface area contributed by atoms with Crippen molar-refractivity contribution in [2.24, 2.45) is 5.92 Å². The molecule has 3 saturated heterocycles. The first kappa shape index (κ1) is 26.0. The largest absolute Gasteiger partial charge is 0.397 e. The van der Waals surface area contributed by atoms with E-state index in [1.807, 2.05) is 34.3 Å². The van der Waals surface area contributed by atoms with Crippen molar-refractivity contribution in [2.45, 2.75) is 36.6 Å². The Balaban J connectivity index is 1.19. The summed E-state index contributed by atoms with van der Waals surface area (Å²) < 4.78 is 5.41.